The number of rotatable bonds is 6. The Morgan fingerprint density at radius 2 is 1.86 bits per heavy atom. The van der Waals surface area contributed by atoms with Crippen LogP contribution in [-0.2, 0) is 6.54 Å². The van der Waals surface area contributed by atoms with Crippen molar-refractivity contribution >= 4 is 34.2 Å². The van der Waals surface area contributed by atoms with Crippen LogP contribution in [0.15, 0.2) is 65.5 Å². The third-order valence-electron chi connectivity index (χ3n) is 5.90. The zero-order chi connectivity index (χ0) is 25.4. The van der Waals surface area contributed by atoms with E-state index in [0.717, 1.165) is 0 Å². The van der Waals surface area contributed by atoms with Gasteiger partial charge in [0.2, 0.25) is 5.75 Å². The van der Waals surface area contributed by atoms with Gasteiger partial charge >= 0.3 is 11.7 Å². The molecular formula is C26H19N3O7. The van der Waals surface area contributed by atoms with Crippen molar-refractivity contribution in [2.75, 3.05) is 7.11 Å². The predicted octanol–water partition coefficient (Wildman–Crippen LogP) is 4.75. The normalized spacial score (nSPS) is 13.5. The van der Waals surface area contributed by atoms with Crippen LogP contribution in [0.25, 0.3) is 22.6 Å². The first kappa shape index (κ1) is 22.8. The standard InChI is InChI=1S/C26H19N3O7/c1-35-18-4-6-19(7-5-18)36-23-9-2-15(13-22(23)29(33)34)12-16-10-11-28-24(16)27-21-14-17(26(31)32)3-8-20(21)25(28)30/h2-9,12-14H,10-11H2,1H3,(H,31,32). The van der Waals surface area contributed by atoms with Gasteiger partial charge in [-0.05, 0) is 72.2 Å². The molecule has 0 amide bonds. The van der Waals surface area contributed by atoms with Gasteiger partial charge in [-0.25, -0.2) is 9.78 Å². The average Bonchev–Trinajstić information content (AvgIpc) is 3.27. The van der Waals surface area contributed by atoms with Crippen LogP contribution in [0.4, 0.5) is 5.69 Å². The highest BCUT2D eigenvalue weighted by Crippen LogP contribution is 2.35. The smallest absolute Gasteiger partial charge is 0.335 e. The van der Waals surface area contributed by atoms with Gasteiger partial charge in [0.25, 0.3) is 5.56 Å². The van der Waals surface area contributed by atoms with Crippen molar-refractivity contribution in [2.45, 2.75) is 13.0 Å². The van der Waals surface area contributed by atoms with Gasteiger partial charge in [0, 0.05) is 12.6 Å². The Morgan fingerprint density at radius 3 is 2.56 bits per heavy atom. The van der Waals surface area contributed by atoms with Crippen molar-refractivity contribution in [1.29, 1.82) is 0 Å². The number of allylic oxidation sites excluding steroid dienone is 1. The van der Waals surface area contributed by atoms with Crippen molar-refractivity contribution < 1.29 is 24.3 Å². The van der Waals surface area contributed by atoms with E-state index in [2.05, 4.69) is 4.98 Å². The molecule has 0 spiro atoms. The lowest BCUT2D eigenvalue weighted by molar-refractivity contribution is -0.385. The van der Waals surface area contributed by atoms with E-state index in [1.165, 1.54) is 34.9 Å². The molecule has 1 aromatic heterocycles. The summed E-state index contributed by atoms with van der Waals surface area (Å²) in [4.78, 5) is 40.1. The molecule has 4 aromatic rings. The number of benzene rings is 3. The minimum absolute atomic E-state index is 0.0333. The van der Waals surface area contributed by atoms with Gasteiger partial charge in [0.05, 0.1) is 28.5 Å². The first-order valence-corrected chi connectivity index (χ1v) is 10.9. The number of fused-ring (bicyclic) bond motifs is 2. The van der Waals surface area contributed by atoms with Crippen molar-refractivity contribution in [1.82, 2.24) is 9.55 Å². The number of ether oxygens (including phenoxy) is 2. The zero-order valence-electron chi connectivity index (χ0n) is 19.0. The topological polar surface area (TPSA) is 134 Å². The fraction of sp³-hybridized carbons (Fsp3) is 0.115. The quantitative estimate of drug-likeness (QED) is 0.306. The first-order chi connectivity index (χ1) is 17.3. The Kier molecular flexibility index (Phi) is 5.69. The van der Waals surface area contributed by atoms with Gasteiger partial charge in [0.1, 0.15) is 17.3 Å². The van der Waals surface area contributed by atoms with Crippen molar-refractivity contribution in [3.63, 3.8) is 0 Å². The lowest BCUT2D eigenvalue weighted by Gasteiger charge is -2.08. The van der Waals surface area contributed by atoms with Crippen LogP contribution in [0.3, 0.4) is 0 Å². The van der Waals surface area contributed by atoms with Gasteiger partial charge in [-0.2, -0.15) is 0 Å². The van der Waals surface area contributed by atoms with E-state index in [1.54, 1.807) is 43.5 Å². The van der Waals surface area contributed by atoms with Gasteiger partial charge in [-0.3, -0.25) is 19.5 Å². The van der Waals surface area contributed by atoms with E-state index in [-0.39, 0.29) is 28.1 Å². The van der Waals surface area contributed by atoms with E-state index < -0.39 is 10.9 Å². The third-order valence-corrected chi connectivity index (χ3v) is 5.90. The summed E-state index contributed by atoms with van der Waals surface area (Å²) in [6.45, 7) is 0.407. The number of nitro groups is 1. The fourth-order valence-corrected chi connectivity index (χ4v) is 4.11. The highest BCUT2D eigenvalue weighted by atomic mass is 16.6. The number of carbonyl (C=O) groups is 1. The molecule has 1 aliphatic rings. The molecular weight excluding hydrogens is 466 g/mol. The molecule has 0 atom stereocenters. The minimum Gasteiger partial charge on any atom is -0.497 e. The minimum atomic E-state index is -1.11. The largest absolute Gasteiger partial charge is 0.497 e. The Bertz CT molecular complexity index is 1620. The highest BCUT2D eigenvalue weighted by Gasteiger charge is 2.23. The van der Waals surface area contributed by atoms with Crippen LogP contribution in [0.1, 0.15) is 28.2 Å². The number of nitrogens with zero attached hydrogens (tertiary/aromatic N) is 3. The van der Waals surface area contributed by atoms with Gasteiger partial charge in [0.15, 0.2) is 0 Å². The van der Waals surface area contributed by atoms with Gasteiger partial charge < -0.3 is 14.6 Å². The van der Waals surface area contributed by atoms with Crippen molar-refractivity contribution in [2.24, 2.45) is 0 Å². The molecule has 2 heterocycles. The maximum absolute atomic E-state index is 12.9. The number of hydrogen-bond acceptors (Lipinski definition) is 7. The summed E-state index contributed by atoms with van der Waals surface area (Å²) < 4.78 is 12.4. The van der Waals surface area contributed by atoms with E-state index >= 15 is 0 Å². The summed E-state index contributed by atoms with van der Waals surface area (Å²) in [5, 5.41) is 21.4. The summed E-state index contributed by atoms with van der Waals surface area (Å²) in [6.07, 6.45) is 2.24. The molecule has 1 aliphatic heterocycles. The lowest BCUT2D eigenvalue weighted by Crippen LogP contribution is -2.21. The number of nitro benzene ring substituents is 1. The predicted molar refractivity (Wildman–Crippen MR) is 132 cm³/mol. The molecule has 1 N–H and O–H groups in total. The Labute approximate surface area is 203 Å². The molecule has 3 aromatic carbocycles. The first-order valence-electron chi connectivity index (χ1n) is 10.9. The summed E-state index contributed by atoms with van der Waals surface area (Å²) in [5.41, 5.74) is 1.10. The van der Waals surface area contributed by atoms with Crippen LogP contribution in [0.2, 0.25) is 0 Å². The van der Waals surface area contributed by atoms with E-state index in [9.17, 15) is 24.8 Å². The molecule has 5 rings (SSSR count). The maximum atomic E-state index is 12.9. The SMILES string of the molecule is COc1ccc(Oc2ccc(C=C3CCn4c3nc3cc(C(=O)O)ccc3c4=O)cc2[N+](=O)[O-])cc1. The van der Waals surface area contributed by atoms with Crippen LogP contribution in [0, 0.1) is 10.1 Å². The molecule has 0 unspecified atom stereocenters. The number of methoxy groups -OCH3 is 1. The van der Waals surface area contributed by atoms with Crippen LogP contribution in [-0.4, -0.2) is 32.7 Å². The Morgan fingerprint density at radius 1 is 1.11 bits per heavy atom. The second-order valence-corrected chi connectivity index (χ2v) is 8.11. The van der Waals surface area contributed by atoms with Crippen LogP contribution < -0.4 is 15.0 Å². The van der Waals surface area contributed by atoms with Crippen LogP contribution in [0.5, 0.6) is 17.2 Å². The molecule has 0 saturated heterocycles. The Balaban J connectivity index is 1.52. The second kappa shape index (κ2) is 8.99. The summed E-state index contributed by atoms with van der Waals surface area (Å²) in [7, 11) is 1.54. The van der Waals surface area contributed by atoms with Gasteiger partial charge in [-0.1, -0.05) is 6.07 Å². The zero-order valence-corrected chi connectivity index (χ0v) is 19.0. The number of carboxylic acids is 1. The van der Waals surface area contributed by atoms with Gasteiger partial charge in [-0.15, -0.1) is 0 Å². The second-order valence-electron chi connectivity index (χ2n) is 8.11. The average molecular weight is 485 g/mol. The molecule has 10 heteroatoms. The highest BCUT2D eigenvalue weighted by molar-refractivity contribution is 5.93. The molecule has 0 radical (unpaired) electrons. The van der Waals surface area contributed by atoms with Crippen molar-refractivity contribution in [3.05, 3.63) is 98.1 Å². The number of carboxylic acid groups (broad SMARTS) is 1. The molecule has 0 fully saturated rings. The summed E-state index contributed by atoms with van der Waals surface area (Å²) >= 11 is 0. The van der Waals surface area contributed by atoms with E-state index in [1.807, 2.05) is 0 Å². The number of hydrogen-bond donors (Lipinski definition) is 1. The molecule has 36 heavy (non-hydrogen) atoms. The van der Waals surface area contributed by atoms with E-state index in [4.69, 9.17) is 9.47 Å². The maximum Gasteiger partial charge on any atom is 0.335 e. The number of aromatic nitrogens is 2. The summed E-state index contributed by atoms with van der Waals surface area (Å²) in [5.74, 6) is 0.442. The number of aromatic carboxylic acids is 1. The summed E-state index contributed by atoms with van der Waals surface area (Å²) in [6, 6.07) is 15.5. The molecule has 180 valence electrons. The van der Waals surface area contributed by atoms with Crippen LogP contribution >= 0.6 is 0 Å². The molecule has 0 aliphatic carbocycles. The third kappa shape index (κ3) is 4.16. The fourth-order valence-electron chi connectivity index (χ4n) is 4.11. The Hall–Kier alpha value is -4.99. The van der Waals surface area contributed by atoms with E-state index in [0.29, 0.717) is 46.8 Å². The lowest BCUT2D eigenvalue weighted by atomic mass is 10.1. The molecule has 0 saturated carbocycles. The van der Waals surface area contributed by atoms with Crippen molar-refractivity contribution in [3.8, 4) is 17.2 Å². The monoisotopic (exact) mass is 485 g/mol. The molecule has 10 nitrogen and oxygen atoms in total. The molecule has 0 bridgehead atoms.